The lowest BCUT2D eigenvalue weighted by atomic mass is 10.0. The smallest absolute Gasteiger partial charge is 0.126 e. The van der Waals surface area contributed by atoms with E-state index in [1.54, 1.807) is 6.20 Å². The zero-order valence-electron chi connectivity index (χ0n) is 8.67. The molecule has 1 aliphatic rings. The number of nitrogens with one attached hydrogen (secondary N) is 1. The molecule has 0 amide bonds. The molecule has 1 aromatic heterocycles. The highest BCUT2D eigenvalue weighted by Crippen LogP contribution is 2.48. The average molecular weight is 226 g/mol. The highest BCUT2D eigenvalue weighted by Gasteiger charge is 2.41. The summed E-state index contributed by atoms with van der Waals surface area (Å²) in [7, 11) is 0. The molecule has 0 saturated heterocycles. The van der Waals surface area contributed by atoms with Crippen LogP contribution in [0, 0.1) is 5.41 Å². The molecular weight excluding hydrogens is 210 g/mol. The summed E-state index contributed by atoms with van der Waals surface area (Å²) in [5, 5.41) is 4.00. The Morgan fingerprint density at radius 1 is 1.47 bits per heavy atom. The first-order valence-corrected chi connectivity index (χ1v) is 5.67. The fourth-order valence-electron chi connectivity index (χ4n) is 1.76. The van der Waals surface area contributed by atoms with Crippen molar-refractivity contribution in [3.05, 3.63) is 23.4 Å². The third-order valence-corrected chi connectivity index (χ3v) is 3.23. The van der Waals surface area contributed by atoms with Gasteiger partial charge in [-0.3, -0.25) is 0 Å². The zero-order chi connectivity index (χ0) is 10.7. The van der Waals surface area contributed by atoms with Crippen LogP contribution in [0.15, 0.2) is 18.3 Å². The van der Waals surface area contributed by atoms with E-state index in [1.807, 2.05) is 12.1 Å². The van der Waals surface area contributed by atoms with Gasteiger partial charge < -0.3 is 11.1 Å². The van der Waals surface area contributed by atoms with Gasteiger partial charge in [-0.2, -0.15) is 0 Å². The highest BCUT2D eigenvalue weighted by atomic mass is 35.5. The molecule has 2 rings (SSSR count). The van der Waals surface area contributed by atoms with Crippen molar-refractivity contribution < 1.29 is 0 Å². The largest absolute Gasteiger partial charge is 0.370 e. The quantitative estimate of drug-likeness (QED) is 0.809. The summed E-state index contributed by atoms with van der Waals surface area (Å²) in [5.41, 5.74) is 6.02. The van der Waals surface area contributed by atoms with Crippen molar-refractivity contribution >= 4 is 17.4 Å². The van der Waals surface area contributed by atoms with Crippen LogP contribution in [0.1, 0.15) is 19.3 Å². The molecule has 15 heavy (non-hydrogen) atoms. The van der Waals surface area contributed by atoms with Crippen LogP contribution in [-0.4, -0.2) is 18.1 Å². The Balaban J connectivity index is 1.85. The van der Waals surface area contributed by atoms with Crippen molar-refractivity contribution in [1.82, 2.24) is 4.98 Å². The van der Waals surface area contributed by atoms with Crippen molar-refractivity contribution in [2.75, 3.05) is 18.4 Å². The Kier molecular flexibility index (Phi) is 3.12. The molecule has 1 saturated carbocycles. The third-order valence-electron chi connectivity index (χ3n) is 3.00. The van der Waals surface area contributed by atoms with E-state index in [1.165, 1.54) is 12.8 Å². The molecule has 3 N–H and O–H groups in total. The predicted octanol–water partition coefficient (Wildman–Crippen LogP) is 2.28. The second kappa shape index (κ2) is 4.37. The van der Waals surface area contributed by atoms with E-state index in [2.05, 4.69) is 10.3 Å². The Bertz CT molecular complexity index is 319. The normalized spacial score (nSPS) is 17.5. The first kappa shape index (κ1) is 10.7. The fraction of sp³-hybridized carbons (Fsp3) is 0.545. The maximum Gasteiger partial charge on any atom is 0.126 e. The molecule has 0 atom stereocenters. The summed E-state index contributed by atoms with van der Waals surface area (Å²) < 4.78 is 0. The van der Waals surface area contributed by atoms with Gasteiger partial charge in [0, 0.05) is 12.7 Å². The summed E-state index contributed by atoms with van der Waals surface area (Å²) in [6.07, 6.45) is 5.33. The number of rotatable bonds is 5. The molecule has 82 valence electrons. The zero-order valence-corrected chi connectivity index (χ0v) is 9.43. The second-order valence-electron chi connectivity index (χ2n) is 4.25. The SMILES string of the molecule is NCCC1(CNc2ccc(Cl)cn2)CC1. The minimum absolute atomic E-state index is 0.441. The second-order valence-corrected chi connectivity index (χ2v) is 4.69. The molecule has 0 radical (unpaired) electrons. The predicted molar refractivity (Wildman–Crippen MR) is 63.1 cm³/mol. The summed E-state index contributed by atoms with van der Waals surface area (Å²) in [6.45, 7) is 1.74. The van der Waals surface area contributed by atoms with Gasteiger partial charge in [-0.1, -0.05) is 11.6 Å². The van der Waals surface area contributed by atoms with Gasteiger partial charge in [-0.15, -0.1) is 0 Å². The molecule has 1 aliphatic carbocycles. The molecule has 3 nitrogen and oxygen atoms in total. The molecule has 1 fully saturated rings. The molecule has 0 aliphatic heterocycles. The summed E-state index contributed by atoms with van der Waals surface area (Å²) in [4.78, 5) is 4.19. The molecule has 4 heteroatoms. The number of hydrogen-bond donors (Lipinski definition) is 2. The Hall–Kier alpha value is -0.800. The molecule has 1 aromatic rings. The van der Waals surface area contributed by atoms with Gasteiger partial charge in [-0.25, -0.2) is 4.98 Å². The number of halogens is 1. The Labute approximate surface area is 95.0 Å². The van der Waals surface area contributed by atoms with Crippen LogP contribution in [0.2, 0.25) is 5.02 Å². The average Bonchev–Trinajstić information content (AvgIpc) is 2.99. The standard InChI is InChI=1S/C11H16ClN3/c12-9-1-2-10(14-7-9)15-8-11(3-4-11)5-6-13/h1-2,7H,3-6,8,13H2,(H,14,15). The van der Waals surface area contributed by atoms with Crippen molar-refractivity contribution in [2.45, 2.75) is 19.3 Å². The van der Waals surface area contributed by atoms with E-state index in [0.717, 1.165) is 25.3 Å². The summed E-state index contributed by atoms with van der Waals surface area (Å²) in [5.74, 6) is 0.891. The Morgan fingerprint density at radius 3 is 2.80 bits per heavy atom. The lowest BCUT2D eigenvalue weighted by Gasteiger charge is -2.14. The van der Waals surface area contributed by atoms with E-state index in [9.17, 15) is 0 Å². The minimum atomic E-state index is 0.441. The van der Waals surface area contributed by atoms with E-state index >= 15 is 0 Å². The molecule has 0 spiro atoms. The van der Waals surface area contributed by atoms with Gasteiger partial charge in [0.15, 0.2) is 0 Å². The van der Waals surface area contributed by atoms with Crippen LogP contribution in [0.25, 0.3) is 0 Å². The van der Waals surface area contributed by atoms with Gasteiger partial charge in [0.25, 0.3) is 0 Å². The number of hydrogen-bond acceptors (Lipinski definition) is 3. The van der Waals surface area contributed by atoms with Crippen LogP contribution in [-0.2, 0) is 0 Å². The van der Waals surface area contributed by atoms with Gasteiger partial charge in [-0.05, 0) is 43.4 Å². The van der Waals surface area contributed by atoms with Crippen LogP contribution in [0.5, 0.6) is 0 Å². The number of aromatic nitrogens is 1. The van der Waals surface area contributed by atoms with Gasteiger partial charge in [0.2, 0.25) is 0 Å². The number of nitrogens with zero attached hydrogens (tertiary/aromatic N) is 1. The molecule has 0 bridgehead atoms. The lowest BCUT2D eigenvalue weighted by Crippen LogP contribution is -2.19. The van der Waals surface area contributed by atoms with Crippen molar-refractivity contribution in [1.29, 1.82) is 0 Å². The summed E-state index contributed by atoms with van der Waals surface area (Å²) >= 11 is 5.76. The minimum Gasteiger partial charge on any atom is -0.370 e. The monoisotopic (exact) mass is 225 g/mol. The molecule has 1 heterocycles. The van der Waals surface area contributed by atoms with Crippen molar-refractivity contribution in [2.24, 2.45) is 11.1 Å². The van der Waals surface area contributed by atoms with E-state index in [0.29, 0.717) is 10.4 Å². The number of anilines is 1. The number of pyridine rings is 1. The highest BCUT2D eigenvalue weighted by molar-refractivity contribution is 6.30. The van der Waals surface area contributed by atoms with E-state index in [-0.39, 0.29) is 0 Å². The summed E-state index contributed by atoms with van der Waals surface area (Å²) in [6, 6.07) is 3.75. The maximum atomic E-state index is 5.76. The maximum absolute atomic E-state index is 5.76. The van der Waals surface area contributed by atoms with Crippen molar-refractivity contribution in [3.8, 4) is 0 Å². The Morgan fingerprint density at radius 2 is 2.27 bits per heavy atom. The third kappa shape index (κ3) is 2.83. The first-order valence-electron chi connectivity index (χ1n) is 5.30. The topological polar surface area (TPSA) is 50.9 Å². The number of nitrogens with two attached hydrogens (primary N) is 1. The van der Waals surface area contributed by atoms with Crippen molar-refractivity contribution in [3.63, 3.8) is 0 Å². The van der Waals surface area contributed by atoms with E-state index < -0.39 is 0 Å². The van der Waals surface area contributed by atoms with Gasteiger partial charge in [0.05, 0.1) is 5.02 Å². The van der Waals surface area contributed by atoms with Crippen LogP contribution >= 0.6 is 11.6 Å². The van der Waals surface area contributed by atoms with Crippen LogP contribution in [0.4, 0.5) is 5.82 Å². The molecule has 0 aromatic carbocycles. The van der Waals surface area contributed by atoms with Gasteiger partial charge in [0.1, 0.15) is 5.82 Å². The van der Waals surface area contributed by atoms with Crippen LogP contribution in [0.3, 0.4) is 0 Å². The van der Waals surface area contributed by atoms with Gasteiger partial charge >= 0.3 is 0 Å². The van der Waals surface area contributed by atoms with Crippen LogP contribution < -0.4 is 11.1 Å². The fourth-order valence-corrected chi connectivity index (χ4v) is 1.87. The molecular formula is C11H16ClN3. The first-order chi connectivity index (χ1) is 7.24. The molecule has 0 unspecified atom stereocenters. The lowest BCUT2D eigenvalue weighted by molar-refractivity contribution is 0.500. The van der Waals surface area contributed by atoms with E-state index in [4.69, 9.17) is 17.3 Å².